The van der Waals surface area contributed by atoms with E-state index >= 15 is 0 Å². The highest BCUT2D eigenvalue weighted by Crippen LogP contribution is 2.02. The molecule has 0 unspecified atom stereocenters. The van der Waals surface area contributed by atoms with Crippen LogP contribution in [0.1, 0.15) is 16.9 Å². The second-order valence-corrected chi connectivity index (χ2v) is 5.45. The van der Waals surface area contributed by atoms with Crippen LogP contribution >= 0.6 is 0 Å². The average molecular weight is 216 g/mol. The summed E-state index contributed by atoms with van der Waals surface area (Å²) in [6, 6.07) is 0. The van der Waals surface area contributed by atoms with Crippen LogP contribution in [-0.4, -0.2) is 35.8 Å². The highest BCUT2D eigenvalue weighted by atomic mass is 32.2. The Balaban J connectivity index is 2.65. The number of aromatic nitrogens is 2. The minimum absolute atomic E-state index is 0.0123. The molecule has 0 aliphatic rings. The molecule has 0 atom stereocenters. The van der Waals surface area contributed by atoms with E-state index in [1.54, 1.807) is 11.6 Å². The molecule has 1 aromatic rings. The highest BCUT2D eigenvalue weighted by Gasteiger charge is 2.12. The second kappa shape index (κ2) is 3.91. The van der Waals surface area contributed by atoms with Crippen molar-refractivity contribution >= 4 is 15.6 Å². The van der Waals surface area contributed by atoms with Gasteiger partial charge in [0.1, 0.15) is 15.5 Å². The monoisotopic (exact) mass is 216 g/mol. The molecule has 1 aromatic heterocycles. The number of rotatable bonds is 4. The lowest BCUT2D eigenvalue weighted by Crippen LogP contribution is -2.11. The predicted molar refractivity (Wildman–Crippen MR) is 51.9 cm³/mol. The van der Waals surface area contributed by atoms with Crippen LogP contribution in [0, 0.1) is 0 Å². The lowest BCUT2D eigenvalue weighted by atomic mass is 10.2. The van der Waals surface area contributed by atoms with E-state index < -0.39 is 9.84 Å². The third-order valence-electron chi connectivity index (χ3n) is 1.80. The van der Waals surface area contributed by atoms with Gasteiger partial charge in [0.15, 0.2) is 5.78 Å². The summed E-state index contributed by atoms with van der Waals surface area (Å²) in [5.74, 6) is -0.313. The standard InChI is InChI=1S/C8H12N2O3S/c1-10-6-9-5-7(10)8(11)3-4-14(2,12)13/h5-6H,3-4H2,1-2H3. The zero-order valence-electron chi connectivity index (χ0n) is 8.10. The Kier molecular flexibility index (Phi) is 3.05. The molecule has 6 heteroatoms. The van der Waals surface area contributed by atoms with Gasteiger partial charge in [-0.15, -0.1) is 0 Å². The van der Waals surface area contributed by atoms with Gasteiger partial charge in [0.05, 0.1) is 18.3 Å². The van der Waals surface area contributed by atoms with Crippen molar-refractivity contribution in [1.29, 1.82) is 0 Å². The largest absolute Gasteiger partial charge is 0.331 e. The van der Waals surface area contributed by atoms with Crippen molar-refractivity contribution in [3.05, 3.63) is 18.2 Å². The number of hydrogen-bond acceptors (Lipinski definition) is 4. The number of aryl methyl sites for hydroxylation is 1. The van der Waals surface area contributed by atoms with Crippen molar-refractivity contribution in [3.8, 4) is 0 Å². The number of Topliss-reactive ketones (excluding diaryl/α,β-unsaturated/α-hetero) is 1. The van der Waals surface area contributed by atoms with Gasteiger partial charge in [-0.3, -0.25) is 4.79 Å². The van der Waals surface area contributed by atoms with Gasteiger partial charge in [-0.05, 0) is 0 Å². The van der Waals surface area contributed by atoms with E-state index in [1.807, 2.05) is 0 Å². The molecule has 0 aliphatic carbocycles. The van der Waals surface area contributed by atoms with Crippen molar-refractivity contribution in [1.82, 2.24) is 9.55 Å². The van der Waals surface area contributed by atoms with Crippen LogP contribution in [0.15, 0.2) is 12.5 Å². The van der Waals surface area contributed by atoms with E-state index in [9.17, 15) is 13.2 Å². The third kappa shape index (κ3) is 2.95. The van der Waals surface area contributed by atoms with Gasteiger partial charge in [-0.25, -0.2) is 13.4 Å². The fraction of sp³-hybridized carbons (Fsp3) is 0.500. The summed E-state index contributed by atoms with van der Waals surface area (Å²) in [7, 11) is -1.38. The van der Waals surface area contributed by atoms with Gasteiger partial charge in [0.25, 0.3) is 0 Å². The molecule has 0 saturated carbocycles. The van der Waals surface area contributed by atoms with Crippen LogP contribution < -0.4 is 0 Å². The number of sulfone groups is 1. The Labute approximate surface area is 82.7 Å². The lowest BCUT2D eigenvalue weighted by Gasteiger charge is -2.00. The lowest BCUT2D eigenvalue weighted by molar-refractivity contribution is 0.0981. The third-order valence-corrected chi connectivity index (χ3v) is 2.75. The Morgan fingerprint density at radius 3 is 2.64 bits per heavy atom. The molecule has 0 spiro atoms. The van der Waals surface area contributed by atoms with Gasteiger partial charge in [-0.1, -0.05) is 0 Å². The van der Waals surface area contributed by atoms with Crippen LogP contribution in [0.5, 0.6) is 0 Å². The Morgan fingerprint density at radius 2 is 2.21 bits per heavy atom. The van der Waals surface area contributed by atoms with Gasteiger partial charge < -0.3 is 4.57 Å². The van der Waals surface area contributed by atoms with Crippen molar-refractivity contribution < 1.29 is 13.2 Å². The summed E-state index contributed by atoms with van der Waals surface area (Å²) in [6.45, 7) is 0. The van der Waals surface area contributed by atoms with Crippen LogP contribution in [0.2, 0.25) is 0 Å². The SMILES string of the molecule is Cn1cncc1C(=O)CCS(C)(=O)=O. The minimum atomic E-state index is -3.07. The quantitative estimate of drug-likeness (QED) is 0.666. The molecule has 0 bridgehead atoms. The van der Waals surface area contributed by atoms with Crippen LogP contribution in [-0.2, 0) is 16.9 Å². The van der Waals surface area contributed by atoms with Crippen molar-refractivity contribution in [3.63, 3.8) is 0 Å². The zero-order valence-corrected chi connectivity index (χ0v) is 8.91. The second-order valence-electron chi connectivity index (χ2n) is 3.19. The van der Waals surface area contributed by atoms with E-state index in [0.717, 1.165) is 6.26 Å². The first-order valence-corrected chi connectivity index (χ1v) is 6.13. The molecule has 0 N–H and O–H groups in total. The molecule has 0 radical (unpaired) electrons. The summed E-state index contributed by atoms with van der Waals surface area (Å²) in [5, 5.41) is 0. The maximum atomic E-state index is 11.4. The average Bonchev–Trinajstić information content (AvgIpc) is 2.46. The number of imidazole rings is 1. The molecule has 0 fully saturated rings. The number of carbonyl (C=O) groups excluding carboxylic acids is 1. The molecule has 0 saturated heterocycles. The molecule has 1 heterocycles. The molecule has 1 rings (SSSR count). The summed E-state index contributed by atoms with van der Waals surface area (Å²) < 4.78 is 23.2. The van der Waals surface area contributed by atoms with E-state index in [0.29, 0.717) is 5.69 Å². The summed E-state index contributed by atoms with van der Waals surface area (Å²) in [4.78, 5) is 15.2. The number of ketones is 1. The first-order chi connectivity index (χ1) is 6.40. The predicted octanol–water partition coefficient (Wildman–Crippen LogP) is 0.0375. The Bertz CT molecular complexity index is 433. The maximum absolute atomic E-state index is 11.4. The van der Waals surface area contributed by atoms with Crippen LogP contribution in [0.4, 0.5) is 0 Å². The molecule has 14 heavy (non-hydrogen) atoms. The van der Waals surface area contributed by atoms with Crippen molar-refractivity contribution in [2.45, 2.75) is 6.42 Å². The normalized spacial score (nSPS) is 11.6. The summed E-state index contributed by atoms with van der Waals surface area (Å²) >= 11 is 0. The molecule has 78 valence electrons. The first kappa shape index (κ1) is 10.9. The Morgan fingerprint density at radius 1 is 1.57 bits per heavy atom. The minimum Gasteiger partial charge on any atom is -0.331 e. The summed E-state index contributed by atoms with van der Waals surface area (Å²) in [6.07, 6.45) is 4.07. The van der Waals surface area contributed by atoms with Gasteiger partial charge in [-0.2, -0.15) is 0 Å². The molecular weight excluding hydrogens is 204 g/mol. The molecular formula is C8H12N2O3S. The van der Waals surface area contributed by atoms with Gasteiger partial charge >= 0.3 is 0 Å². The molecule has 0 aromatic carbocycles. The van der Waals surface area contributed by atoms with Crippen molar-refractivity contribution in [2.75, 3.05) is 12.0 Å². The van der Waals surface area contributed by atoms with E-state index in [2.05, 4.69) is 4.98 Å². The smallest absolute Gasteiger partial charge is 0.181 e. The highest BCUT2D eigenvalue weighted by molar-refractivity contribution is 7.90. The van der Waals surface area contributed by atoms with Crippen molar-refractivity contribution in [2.24, 2.45) is 7.05 Å². The maximum Gasteiger partial charge on any atom is 0.181 e. The van der Waals surface area contributed by atoms with E-state index in [-0.39, 0.29) is 18.0 Å². The number of hydrogen-bond donors (Lipinski definition) is 0. The Hall–Kier alpha value is -1.17. The molecule has 5 nitrogen and oxygen atoms in total. The fourth-order valence-electron chi connectivity index (χ4n) is 1.03. The van der Waals surface area contributed by atoms with Gasteiger partial charge in [0, 0.05) is 19.7 Å². The van der Waals surface area contributed by atoms with Crippen LogP contribution in [0.25, 0.3) is 0 Å². The summed E-state index contributed by atoms with van der Waals surface area (Å²) in [5.41, 5.74) is 0.439. The van der Waals surface area contributed by atoms with Crippen LogP contribution in [0.3, 0.4) is 0 Å². The first-order valence-electron chi connectivity index (χ1n) is 4.07. The number of nitrogens with zero attached hydrogens (tertiary/aromatic N) is 2. The fourth-order valence-corrected chi connectivity index (χ4v) is 1.59. The van der Waals surface area contributed by atoms with E-state index in [1.165, 1.54) is 12.5 Å². The zero-order chi connectivity index (χ0) is 10.8. The van der Waals surface area contributed by atoms with Gasteiger partial charge in [0.2, 0.25) is 0 Å². The number of carbonyl (C=O) groups is 1. The molecule has 0 amide bonds. The molecule has 0 aliphatic heterocycles. The topological polar surface area (TPSA) is 69.0 Å². The van der Waals surface area contributed by atoms with E-state index in [4.69, 9.17) is 0 Å².